The minimum Gasteiger partial charge on any atom is -0.336 e. The molecule has 0 saturated heterocycles. The van der Waals surface area contributed by atoms with E-state index in [1.165, 1.54) is 6.92 Å². The summed E-state index contributed by atoms with van der Waals surface area (Å²) in [5.74, 6) is -3.74. The van der Waals surface area contributed by atoms with E-state index in [1.807, 2.05) is 6.92 Å². The van der Waals surface area contributed by atoms with Gasteiger partial charge in [0, 0.05) is 6.42 Å². The molecule has 0 aromatic heterocycles. The fraction of sp³-hybridized carbons (Fsp3) is 0.385. The number of rotatable bonds is 10. The maximum atomic E-state index is 13.8. The Morgan fingerprint density at radius 2 is 1.56 bits per heavy atom. The zero-order chi connectivity index (χ0) is 29.5. The van der Waals surface area contributed by atoms with Gasteiger partial charge >= 0.3 is 12.4 Å². The van der Waals surface area contributed by atoms with Gasteiger partial charge in [-0.3, -0.25) is 9.59 Å². The lowest BCUT2D eigenvalue weighted by Gasteiger charge is -2.19. The highest BCUT2D eigenvalue weighted by Crippen LogP contribution is 2.41. The molecule has 0 spiro atoms. The van der Waals surface area contributed by atoms with Crippen LogP contribution in [0.1, 0.15) is 72.5 Å². The lowest BCUT2D eigenvalue weighted by atomic mass is 9.96. The van der Waals surface area contributed by atoms with Crippen molar-refractivity contribution in [2.75, 3.05) is 0 Å². The van der Waals surface area contributed by atoms with E-state index in [0.29, 0.717) is 18.6 Å². The Bertz CT molecular complexity index is 1190. The molecule has 0 aliphatic heterocycles. The SMILES string of the molecule is CCCCCC(=O)N[C@@H](C)NC(=O)c1ccc(C=CC(c2cc(Cl)c(Cl)c(Cl)c2)C(F)(F)F)cc1C(F)(F)F. The normalized spacial score (nSPS) is 13.8. The summed E-state index contributed by atoms with van der Waals surface area (Å²) in [6.45, 7) is 3.35. The number of halogens is 9. The van der Waals surface area contributed by atoms with Gasteiger partial charge in [-0.05, 0) is 48.7 Å². The second kappa shape index (κ2) is 13.8. The molecular formula is C26H25Cl3F6N2O2. The number of unbranched alkanes of at least 4 members (excludes halogenated alkanes) is 2. The van der Waals surface area contributed by atoms with Crippen LogP contribution in [0.3, 0.4) is 0 Å². The number of hydrogen-bond donors (Lipinski definition) is 2. The van der Waals surface area contributed by atoms with Crippen LogP contribution in [0.4, 0.5) is 26.3 Å². The Kier molecular flexibility index (Phi) is 11.6. The lowest BCUT2D eigenvalue weighted by Crippen LogP contribution is -2.46. The maximum Gasteiger partial charge on any atom is 0.417 e. The van der Waals surface area contributed by atoms with E-state index >= 15 is 0 Å². The number of carbonyl (C=O) groups excluding carboxylic acids is 2. The maximum absolute atomic E-state index is 13.8. The van der Waals surface area contributed by atoms with Gasteiger partial charge < -0.3 is 10.6 Å². The van der Waals surface area contributed by atoms with Crippen molar-refractivity contribution < 1.29 is 35.9 Å². The highest BCUT2D eigenvalue weighted by atomic mass is 35.5. The number of allylic oxidation sites excluding steroid dienone is 1. The number of alkyl halides is 6. The first-order valence-corrected chi connectivity index (χ1v) is 12.9. The Morgan fingerprint density at radius 1 is 0.949 bits per heavy atom. The van der Waals surface area contributed by atoms with Gasteiger partial charge in [0.2, 0.25) is 5.91 Å². The minimum atomic E-state index is -5.00. The molecular weight excluding hydrogens is 593 g/mol. The van der Waals surface area contributed by atoms with Crippen LogP contribution in [-0.4, -0.2) is 24.2 Å². The third-order valence-electron chi connectivity index (χ3n) is 5.53. The second-order valence-corrected chi connectivity index (χ2v) is 9.89. The van der Waals surface area contributed by atoms with Gasteiger partial charge in [-0.25, -0.2) is 0 Å². The zero-order valence-electron chi connectivity index (χ0n) is 20.7. The van der Waals surface area contributed by atoms with Gasteiger partial charge in [0.1, 0.15) is 0 Å². The molecule has 2 amide bonds. The average molecular weight is 618 g/mol. The zero-order valence-corrected chi connectivity index (χ0v) is 23.0. The quantitative estimate of drug-likeness (QED) is 0.121. The average Bonchev–Trinajstić information content (AvgIpc) is 2.81. The molecule has 0 aliphatic rings. The van der Waals surface area contributed by atoms with Crippen LogP contribution in [-0.2, 0) is 11.0 Å². The molecule has 0 aliphatic carbocycles. The van der Waals surface area contributed by atoms with E-state index in [0.717, 1.165) is 43.2 Å². The van der Waals surface area contributed by atoms with Crippen LogP contribution < -0.4 is 10.6 Å². The fourth-order valence-corrected chi connectivity index (χ4v) is 4.24. The molecule has 2 N–H and O–H groups in total. The van der Waals surface area contributed by atoms with Crippen molar-refractivity contribution in [2.45, 2.75) is 64.0 Å². The highest BCUT2D eigenvalue weighted by Gasteiger charge is 2.40. The predicted octanol–water partition coefficient (Wildman–Crippen LogP) is 8.80. The number of hydrogen-bond acceptors (Lipinski definition) is 2. The van der Waals surface area contributed by atoms with Crippen LogP contribution in [0, 0.1) is 0 Å². The summed E-state index contributed by atoms with van der Waals surface area (Å²) in [5.41, 5.74) is -2.72. The monoisotopic (exact) mass is 616 g/mol. The van der Waals surface area contributed by atoms with E-state index in [1.54, 1.807) is 0 Å². The lowest BCUT2D eigenvalue weighted by molar-refractivity contribution is -0.139. The van der Waals surface area contributed by atoms with Crippen molar-refractivity contribution in [3.8, 4) is 0 Å². The first kappa shape index (κ1) is 32.8. The number of carbonyl (C=O) groups is 2. The van der Waals surface area contributed by atoms with Crippen molar-refractivity contribution in [3.05, 3.63) is 73.7 Å². The molecule has 2 aromatic rings. The standard InChI is InChI=1S/C26H25Cl3F6N2O2/c1-3-4-5-6-22(38)36-14(2)37-24(39)17-9-7-15(11-19(17)26(33,34)35)8-10-18(25(30,31)32)16-12-20(27)23(29)21(28)13-16/h7-14,18H,3-6H2,1-2H3,(H,36,38)(H,37,39)/t14-,18?/m1/s1. The van der Waals surface area contributed by atoms with E-state index in [9.17, 15) is 35.9 Å². The van der Waals surface area contributed by atoms with Crippen LogP contribution in [0.5, 0.6) is 0 Å². The smallest absolute Gasteiger partial charge is 0.336 e. The van der Waals surface area contributed by atoms with Crippen molar-refractivity contribution in [1.29, 1.82) is 0 Å². The summed E-state index contributed by atoms with van der Waals surface area (Å²) >= 11 is 17.5. The number of amides is 2. The van der Waals surface area contributed by atoms with Gasteiger partial charge in [-0.2, -0.15) is 26.3 Å². The van der Waals surface area contributed by atoms with Crippen molar-refractivity contribution in [1.82, 2.24) is 10.6 Å². The Hall–Kier alpha value is -2.43. The summed E-state index contributed by atoms with van der Waals surface area (Å²) in [5, 5.41) is 4.19. The highest BCUT2D eigenvalue weighted by molar-refractivity contribution is 6.48. The molecule has 39 heavy (non-hydrogen) atoms. The minimum absolute atomic E-state index is 0.138. The third kappa shape index (κ3) is 9.61. The Morgan fingerprint density at radius 3 is 2.10 bits per heavy atom. The van der Waals surface area contributed by atoms with E-state index in [4.69, 9.17) is 34.8 Å². The molecule has 0 fully saturated rings. The molecule has 0 radical (unpaired) electrons. The van der Waals surface area contributed by atoms with Crippen LogP contribution in [0.25, 0.3) is 6.08 Å². The van der Waals surface area contributed by atoms with Crippen LogP contribution in [0.15, 0.2) is 36.4 Å². The van der Waals surface area contributed by atoms with Crippen molar-refractivity contribution in [2.24, 2.45) is 0 Å². The first-order chi connectivity index (χ1) is 18.0. The van der Waals surface area contributed by atoms with E-state index in [2.05, 4.69) is 10.6 Å². The first-order valence-electron chi connectivity index (χ1n) is 11.7. The molecule has 0 bridgehead atoms. The number of nitrogens with one attached hydrogen (secondary N) is 2. The second-order valence-electron chi connectivity index (χ2n) is 8.70. The van der Waals surface area contributed by atoms with Crippen molar-refractivity contribution in [3.63, 3.8) is 0 Å². The molecule has 2 atom stereocenters. The Labute approximate surface area is 236 Å². The van der Waals surface area contributed by atoms with Gasteiger partial charge in [0.25, 0.3) is 5.91 Å². The molecule has 2 rings (SSSR count). The summed E-state index contributed by atoms with van der Waals surface area (Å²) in [6, 6.07) is 4.43. The largest absolute Gasteiger partial charge is 0.417 e. The molecule has 13 heteroatoms. The van der Waals surface area contributed by atoms with Gasteiger partial charge in [-0.1, -0.05) is 72.8 Å². The van der Waals surface area contributed by atoms with Crippen LogP contribution >= 0.6 is 34.8 Å². The molecule has 0 heterocycles. The Balaban J connectivity index is 2.32. The van der Waals surface area contributed by atoms with Crippen LogP contribution in [0.2, 0.25) is 15.1 Å². The third-order valence-corrected chi connectivity index (χ3v) is 6.72. The topological polar surface area (TPSA) is 58.2 Å². The number of benzene rings is 2. The van der Waals surface area contributed by atoms with Gasteiger partial charge in [0.05, 0.1) is 38.3 Å². The van der Waals surface area contributed by atoms with Crippen molar-refractivity contribution >= 4 is 52.7 Å². The summed E-state index contributed by atoms with van der Waals surface area (Å²) < 4.78 is 82.7. The summed E-state index contributed by atoms with van der Waals surface area (Å²) in [6.07, 6.45) is -6.73. The summed E-state index contributed by atoms with van der Waals surface area (Å²) in [4.78, 5) is 24.5. The van der Waals surface area contributed by atoms with Gasteiger partial charge in [-0.15, -0.1) is 0 Å². The molecule has 4 nitrogen and oxygen atoms in total. The summed E-state index contributed by atoms with van der Waals surface area (Å²) in [7, 11) is 0. The fourth-order valence-electron chi connectivity index (χ4n) is 3.63. The van der Waals surface area contributed by atoms with E-state index < -0.39 is 41.5 Å². The van der Waals surface area contributed by atoms with E-state index in [-0.39, 0.29) is 38.5 Å². The molecule has 2 aromatic carbocycles. The molecule has 1 unspecified atom stereocenters. The molecule has 214 valence electrons. The molecule has 0 saturated carbocycles. The van der Waals surface area contributed by atoms with Gasteiger partial charge in [0.15, 0.2) is 0 Å². The predicted molar refractivity (Wildman–Crippen MR) is 140 cm³/mol.